The van der Waals surface area contributed by atoms with Crippen LogP contribution < -0.4 is 16.3 Å². The first-order chi connectivity index (χ1) is 21.0. The van der Waals surface area contributed by atoms with Gasteiger partial charge in [-0.2, -0.15) is 0 Å². The van der Waals surface area contributed by atoms with Gasteiger partial charge in [-0.25, -0.2) is 0 Å². The summed E-state index contributed by atoms with van der Waals surface area (Å²) in [6.07, 6.45) is 27.2. The third kappa shape index (κ3) is 5.28. The summed E-state index contributed by atoms with van der Waals surface area (Å²) in [6, 6.07) is 16.7. The molecule has 2 atom stereocenters. The van der Waals surface area contributed by atoms with Crippen molar-refractivity contribution in [3.63, 3.8) is 0 Å². The van der Waals surface area contributed by atoms with Crippen molar-refractivity contribution in [2.24, 2.45) is 35.5 Å². The summed E-state index contributed by atoms with van der Waals surface area (Å²) in [5.41, 5.74) is 10.3. The predicted molar refractivity (Wildman–Crippen MR) is 191 cm³/mol. The van der Waals surface area contributed by atoms with Gasteiger partial charge in [-0.15, -0.1) is 0 Å². The molecule has 8 bridgehead atoms. The molecular formula is C40H57NP2. The molecule has 8 aliphatic rings. The Labute approximate surface area is 265 Å². The van der Waals surface area contributed by atoms with E-state index in [9.17, 15) is 0 Å². The van der Waals surface area contributed by atoms with Gasteiger partial charge in [-0.05, 0) is 176 Å². The molecule has 0 saturated heterocycles. The average Bonchev–Trinajstić information content (AvgIpc) is 2.97. The summed E-state index contributed by atoms with van der Waals surface area (Å²) in [5, 5.41) is 5.04. The first kappa shape index (κ1) is 29.5. The first-order valence-corrected chi connectivity index (χ1v) is 21.6. The van der Waals surface area contributed by atoms with Crippen molar-refractivity contribution in [1.29, 1.82) is 0 Å². The van der Waals surface area contributed by atoms with Gasteiger partial charge in [-0.1, -0.05) is 72.9 Å². The van der Waals surface area contributed by atoms with Crippen molar-refractivity contribution in [3.8, 4) is 11.1 Å². The molecule has 10 rings (SSSR count). The molecule has 2 aromatic carbocycles. The Balaban J connectivity index is 1.29. The Kier molecular flexibility index (Phi) is 8.04. The van der Waals surface area contributed by atoms with Gasteiger partial charge in [0.1, 0.15) is 0 Å². The molecule has 2 N–H and O–H groups in total. The van der Waals surface area contributed by atoms with E-state index in [0.29, 0.717) is 10.3 Å². The van der Waals surface area contributed by atoms with Crippen LogP contribution in [-0.2, 0) is 0 Å². The fourth-order valence-corrected chi connectivity index (χ4v) is 21.1. The van der Waals surface area contributed by atoms with Crippen molar-refractivity contribution < 1.29 is 0 Å². The van der Waals surface area contributed by atoms with Gasteiger partial charge < -0.3 is 5.73 Å². The monoisotopic (exact) mass is 613 g/mol. The Morgan fingerprint density at radius 2 is 1.05 bits per heavy atom. The van der Waals surface area contributed by atoms with Crippen molar-refractivity contribution >= 4 is 32.1 Å². The Morgan fingerprint density at radius 1 is 0.605 bits per heavy atom. The van der Waals surface area contributed by atoms with Crippen molar-refractivity contribution in [3.05, 3.63) is 42.5 Å². The number of unbranched alkanes of at least 4 members (excludes halogenated alkanes) is 2. The van der Waals surface area contributed by atoms with Gasteiger partial charge in [0.2, 0.25) is 0 Å². The van der Waals surface area contributed by atoms with Crippen LogP contribution in [0.3, 0.4) is 0 Å². The zero-order chi connectivity index (χ0) is 29.2. The van der Waals surface area contributed by atoms with E-state index in [4.69, 9.17) is 5.73 Å². The fourth-order valence-electron chi connectivity index (χ4n) is 12.5. The van der Waals surface area contributed by atoms with Gasteiger partial charge in [0.15, 0.2) is 0 Å². The van der Waals surface area contributed by atoms with E-state index in [2.05, 4.69) is 56.3 Å². The maximum atomic E-state index is 6.68. The SMILES string of the molecule is CCCCP(c1ccc(-c2ccccc2N)cc1P(CCCC)C12CC3CC(CC(C3)C1)C2)C12CC3CC(CC(C3)C1)C2. The number of hydrogen-bond donors (Lipinski definition) is 1. The number of para-hydroxylation sites is 1. The van der Waals surface area contributed by atoms with Crippen LogP contribution in [0.15, 0.2) is 42.5 Å². The summed E-state index contributed by atoms with van der Waals surface area (Å²) < 4.78 is 0. The topological polar surface area (TPSA) is 26.0 Å². The molecule has 2 aromatic rings. The predicted octanol–water partition coefficient (Wildman–Crippen LogP) is 10.7. The zero-order valence-corrected chi connectivity index (χ0v) is 29.0. The number of anilines is 1. The van der Waals surface area contributed by atoms with Crippen LogP contribution in [0.5, 0.6) is 0 Å². The van der Waals surface area contributed by atoms with Crippen molar-refractivity contribution in [1.82, 2.24) is 0 Å². The first-order valence-electron chi connectivity index (χ1n) is 18.5. The molecular weight excluding hydrogens is 556 g/mol. The van der Waals surface area contributed by atoms with Crippen molar-refractivity contribution in [2.45, 2.75) is 127 Å². The highest BCUT2D eigenvalue weighted by molar-refractivity contribution is 7.73. The van der Waals surface area contributed by atoms with Crippen LogP contribution >= 0.6 is 15.8 Å². The summed E-state index contributed by atoms with van der Waals surface area (Å²) in [6.45, 7) is 4.89. The molecule has 8 fully saturated rings. The van der Waals surface area contributed by atoms with E-state index in [1.165, 1.54) is 49.1 Å². The third-order valence-corrected chi connectivity index (χ3v) is 20.5. The minimum Gasteiger partial charge on any atom is -0.398 e. The van der Waals surface area contributed by atoms with Crippen LogP contribution in [-0.4, -0.2) is 22.6 Å². The zero-order valence-electron chi connectivity index (χ0n) is 27.2. The number of nitrogens with two attached hydrogens (primary N) is 1. The molecule has 232 valence electrons. The lowest BCUT2D eigenvalue weighted by atomic mass is 9.56. The second kappa shape index (κ2) is 11.7. The lowest BCUT2D eigenvalue weighted by Crippen LogP contribution is -2.53. The highest BCUT2D eigenvalue weighted by atomic mass is 31.1. The van der Waals surface area contributed by atoms with Crippen LogP contribution in [0, 0.1) is 35.5 Å². The minimum atomic E-state index is -0.186. The smallest absolute Gasteiger partial charge is 0.0393 e. The third-order valence-electron chi connectivity index (χ3n) is 13.5. The summed E-state index contributed by atoms with van der Waals surface area (Å²) >= 11 is 0. The molecule has 3 heteroatoms. The van der Waals surface area contributed by atoms with E-state index in [1.807, 2.05) is 10.6 Å². The summed E-state index contributed by atoms with van der Waals surface area (Å²) in [7, 11) is -0.335. The Morgan fingerprint density at radius 3 is 1.49 bits per heavy atom. The van der Waals surface area contributed by atoms with E-state index in [0.717, 1.165) is 41.2 Å². The van der Waals surface area contributed by atoms with Crippen LogP contribution in [0.1, 0.15) is 117 Å². The molecule has 8 aliphatic carbocycles. The highest BCUT2D eigenvalue weighted by Crippen LogP contribution is 2.71. The van der Waals surface area contributed by atoms with E-state index < -0.39 is 0 Å². The van der Waals surface area contributed by atoms with Gasteiger partial charge in [0.05, 0.1) is 0 Å². The van der Waals surface area contributed by atoms with Crippen LogP contribution in [0.2, 0.25) is 0 Å². The molecule has 0 spiro atoms. The van der Waals surface area contributed by atoms with Crippen molar-refractivity contribution in [2.75, 3.05) is 18.1 Å². The normalized spacial score (nSPS) is 38.5. The average molecular weight is 614 g/mol. The van der Waals surface area contributed by atoms with Gasteiger partial charge >= 0.3 is 0 Å². The second-order valence-electron chi connectivity index (χ2n) is 16.6. The van der Waals surface area contributed by atoms with E-state index in [-0.39, 0.29) is 15.8 Å². The number of hydrogen-bond acceptors (Lipinski definition) is 1. The molecule has 0 aliphatic heterocycles. The van der Waals surface area contributed by atoms with E-state index >= 15 is 0 Å². The number of benzene rings is 2. The highest BCUT2D eigenvalue weighted by Gasteiger charge is 2.57. The number of nitrogen functional groups attached to an aromatic ring is 1. The molecule has 2 unspecified atom stereocenters. The quantitative estimate of drug-likeness (QED) is 0.198. The molecule has 8 saturated carbocycles. The molecule has 0 amide bonds. The number of rotatable bonds is 11. The molecule has 1 nitrogen and oxygen atoms in total. The maximum Gasteiger partial charge on any atom is 0.0393 e. The molecule has 43 heavy (non-hydrogen) atoms. The van der Waals surface area contributed by atoms with E-state index in [1.54, 1.807) is 77.0 Å². The standard InChI is InChI=1S/C40H57NP2/c1-3-5-13-42(39-22-28-15-29(23-39)17-30(16-28)24-39)37-12-11-34(35-9-7-8-10-36(35)41)21-38(37)43(14-6-4-2)40-25-31-18-32(26-40)20-33(19-31)27-40/h7-12,21,28-33H,3-6,13-20,22-27,41H2,1-2H3. The summed E-state index contributed by atoms with van der Waals surface area (Å²) in [5.74, 6) is 6.19. The molecule has 0 heterocycles. The van der Waals surface area contributed by atoms with Gasteiger partial charge in [-0.3, -0.25) is 0 Å². The minimum absolute atomic E-state index is 0.149. The second-order valence-corrected chi connectivity index (χ2v) is 22.1. The Hall–Kier alpha value is -0.900. The Bertz CT molecular complexity index is 1240. The largest absolute Gasteiger partial charge is 0.398 e. The summed E-state index contributed by atoms with van der Waals surface area (Å²) in [4.78, 5) is 0. The lowest BCUT2D eigenvalue weighted by molar-refractivity contribution is 0.0357. The molecule has 0 radical (unpaired) electrons. The lowest BCUT2D eigenvalue weighted by Gasteiger charge is -2.61. The fraction of sp³-hybridized carbons (Fsp3) is 0.700. The molecule has 0 aromatic heterocycles. The maximum absolute atomic E-state index is 6.68. The van der Waals surface area contributed by atoms with Crippen LogP contribution in [0.25, 0.3) is 11.1 Å². The van der Waals surface area contributed by atoms with Gasteiger partial charge in [0.25, 0.3) is 0 Å². The van der Waals surface area contributed by atoms with Crippen LogP contribution in [0.4, 0.5) is 5.69 Å². The van der Waals surface area contributed by atoms with Gasteiger partial charge in [0, 0.05) is 11.3 Å².